The van der Waals surface area contributed by atoms with Crippen LogP contribution in [0.1, 0.15) is 22.3 Å². The van der Waals surface area contributed by atoms with Crippen LogP contribution in [-0.2, 0) is 4.74 Å². The molecule has 6 heteroatoms. The molecule has 2 aromatic rings. The number of fused-ring (bicyclic) bond motifs is 1. The van der Waals surface area contributed by atoms with E-state index in [1.807, 2.05) is 18.2 Å². The Labute approximate surface area is 151 Å². The smallest absolute Gasteiger partial charge is 0.189 e. The van der Waals surface area contributed by atoms with Crippen molar-refractivity contribution in [2.75, 3.05) is 27.1 Å². The maximum Gasteiger partial charge on any atom is 0.189 e. The number of hydrogen-bond donors (Lipinski definition) is 1. The highest BCUT2D eigenvalue weighted by Crippen LogP contribution is 2.31. The number of aromatic hydroxyl groups is 1. The Kier molecular flexibility index (Phi) is 5.76. The predicted molar refractivity (Wildman–Crippen MR) is 96.0 cm³/mol. The van der Waals surface area contributed by atoms with Crippen LogP contribution in [0.3, 0.4) is 0 Å². The number of benzene rings is 2. The molecule has 0 bridgehead atoms. The third-order valence-electron chi connectivity index (χ3n) is 3.78. The normalized spacial score (nSPS) is 13.4. The van der Waals surface area contributed by atoms with E-state index in [1.165, 1.54) is 25.3 Å². The number of phenolic OH excluding ortho intramolecular Hbond substituents is 1. The van der Waals surface area contributed by atoms with Crippen LogP contribution in [0.4, 0.5) is 0 Å². The van der Waals surface area contributed by atoms with Crippen molar-refractivity contribution in [3.05, 3.63) is 53.6 Å². The molecule has 0 amide bonds. The zero-order valence-corrected chi connectivity index (χ0v) is 14.4. The first kappa shape index (κ1) is 17.8. The Bertz CT molecular complexity index is 812. The summed E-state index contributed by atoms with van der Waals surface area (Å²) in [6.07, 6.45) is 3.91. The van der Waals surface area contributed by atoms with Crippen LogP contribution in [0.5, 0.6) is 23.0 Å². The average Bonchev–Trinajstić information content (AvgIpc) is 2.89. The predicted octanol–water partition coefficient (Wildman–Crippen LogP) is 3.43. The number of ether oxygens (including phenoxy) is 4. The molecule has 0 fully saturated rings. The summed E-state index contributed by atoms with van der Waals surface area (Å²) in [7, 11) is 1.50. The topological polar surface area (TPSA) is 74.2 Å². The molecule has 1 heterocycles. The van der Waals surface area contributed by atoms with Crippen molar-refractivity contribution in [2.24, 2.45) is 0 Å². The van der Waals surface area contributed by atoms with Gasteiger partial charge in [-0.3, -0.25) is 4.79 Å². The lowest BCUT2D eigenvalue weighted by Gasteiger charge is -2.08. The van der Waals surface area contributed by atoms with Gasteiger partial charge in [-0.05, 0) is 35.9 Å². The Morgan fingerprint density at radius 2 is 1.96 bits per heavy atom. The van der Waals surface area contributed by atoms with E-state index < -0.39 is 0 Å². The van der Waals surface area contributed by atoms with Crippen molar-refractivity contribution < 1.29 is 28.8 Å². The maximum absolute atomic E-state index is 12.3. The molecular weight excluding hydrogens is 336 g/mol. The number of ketones is 1. The number of carbonyl (C=O) groups is 1. The molecule has 0 atom stereocenters. The number of hydrogen-bond acceptors (Lipinski definition) is 6. The molecule has 0 saturated heterocycles. The van der Waals surface area contributed by atoms with Gasteiger partial charge in [0.1, 0.15) is 11.5 Å². The molecule has 0 saturated carbocycles. The zero-order chi connectivity index (χ0) is 18.4. The summed E-state index contributed by atoms with van der Waals surface area (Å²) in [5.41, 5.74) is 1.00. The standard InChI is InChI=1S/C20H20O6/c1-23-13-26-15-5-6-16(18(22)12-15)17(21)7-3-14-4-8-19-20(11-14)25-10-2-9-24-19/h3-8,11-12,22H,2,9-10,13H2,1H3/b7-3-. The lowest BCUT2D eigenvalue weighted by atomic mass is 10.1. The molecule has 26 heavy (non-hydrogen) atoms. The molecular formula is C20H20O6. The summed E-state index contributed by atoms with van der Waals surface area (Å²) in [6, 6.07) is 10.00. The van der Waals surface area contributed by atoms with Gasteiger partial charge in [0.05, 0.1) is 18.8 Å². The highest BCUT2D eigenvalue weighted by Gasteiger charge is 2.12. The van der Waals surface area contributed by atoms with Crippen LogP contribution in [0.25, 0.3) is 6.08 Å². The third kappa shape index (κ3) is 4.34. The largest absolute Gasteiger partial charge is 0.507 e. The highest BCUT2D eigenvalue weighted by atomic mass is 16.7. The van der Waals surface area contributed by atoms with Crippen molar-refractivity contribution >= 4 is 11.9 Å². The second-order valence-corrected chi connectivity index (χ2v) is 5.68. The van der Waals surface area contributed by atoms with Gasteiger partial charge in [0.15, 0.2) is 24.1 Å². The van der Waals surface area contributed by atoms with E-state index in [0.29, 0.717) is 30.5 Å². The van der Waals surface area contributed by atoms with E-state index in [9.17, 15) is 9.90 Å². The summed E-state index contributed by atoms with van der Waals surface area (Å²) in [6.45, 7) is 1.30. The Hall–Kier alpha value is -2.99. The number of phenols is 1. The molecule has 0 aliphatic carbocycles. The molecule has 0 unspecified atom stereocenters. The zero-order valence-electron chi connectivity index (χ0n) is 14.4. The fraction of sp³-hybridized carbons (Fsp3) is 0.250. The summed E-state index contributed by atoms with van der Waals surface area (Å²) in [5.74, 6) is 1.34. The van der Waals surface area contributed by atoms with Crippen LogP contribution in [0, 0.1) is 0 Å². The van der Waals surface area contributed by atoms with Crippen LogP contribution < -0.4 is 14.2 Å². The van der Waals surface area contributed by atoms with Crippen molar-refractivity contribution in [1.29, 1.82) is 0 Å². The first-order valence-corrected chi connectivity index (χ1v) is 8.24. The van der Waals surface area contributed by atoms with Gasteiger partial charge in [0.25, 0.3) is 0 Å². The van der Waals surface area contributed by atoms with Crippen molar-refractivity contribution in [3.63, 3.8) is 0 Å². The van der Waals surface area contributed by atoms with Crippen LogP contribution in [0.2, 0.25) is 0 Å². The van der Waals surface area contributed by atoms with Crippen molar-refractivity contribution in [1.82, 2.24) is 0 Å². The van der Waals surface area contributed by atoms with Gasteiger partial charge in [-0.15, -0.1) is 0 Å². The Morgan fingerprint density at radius 3 is 2.73 bits per heavy atom. The van der Waals surface area contributed by atoms with E-state index in [0.717, 1.165) is 12.0 Å². The molecule has 3 rings (SSSR count). The van der Waals surface area contributed by atoms with Gasteiger partial charge in [0.2, 0.25) is 0 Å². The SMILES string of the molecule is COCOc1ccc(C(=O)/C=C\c2ccc3c(c2)OCCCO3)c(O)c1. The second kappa shape index (κ2) is 8.40. The van der Waals surface area contributed by atoms with Crippen LogP contribution in [0.15, 0.2) is 42.5 Å². The number of rotatable bonds is 6. The lowest BCUT2D eigenvalue weighted by molar-refractivity contribution is 0.0510. The average molecular weight is 356 g/mol. The van der Waals surface area contributed by atoms with Gasteiger partial charge in [-0.25, -0.2) is 0 Å². The molecule has 1 N–H and O–H groups in total. The van der Waals surface area contributed by atoms with Crippen molar-refractivity contribution in [3.8, 4) is 23.0 Å². The molecule has 136 valence electrons. The Balaban J connectivity index is 1.72. The van der Waals surface area contributed by atoms with E-state index in [1.54, 1.807) is 12.1 Å². The van der Waals surface area contributed by atoms with Gasteiger partial charge in [0, 0.05) is 19.6 Å². The number of carbonyl (C=O) groups excluding carboxylic acids is 1. The Morgan fingerprint density at radius 1 is 1.15 bits per heavy atom. The minimum Gasteiger partial charge on any atom is -0.507 e. The molecule has 2 aromatic carbocycles. The summed E-state index contributed by atoms with van der Waals surface area (Å²) >= 11 is 0. The summed E-state index contributed by atoms with van der Waals surface area (Å²) in [4.78, 5) is 12.3. The maximum atomic E-state index is 12.3. The number of allylic oxidation sites excluding steroid dienone is 1. The van der Waals surface area contributed by atoms with E-state index in [4.69, 9.17) is 18.9 Å². The lowest BCUT2D eigenvalue weighted by Crippen LogP contribution is -2.00. The first-order chi connectivity index (χ1) is 12.7. The number of methoxy groups -OCH3 is 1. The quantitative estimate of drug-likeness (QED) is 0.486. The fourth-order valence-electron chi connectivity index (χ4n) is 2.48. The molecule has 1 aliphatic rings. The van der Waals surface area contributed by atoms with E-state index >= 15 is 0 Å². The monoisotopic (exact) mass is 356 g/mol. The summed E-state index contributed by atoms with van der Waals surface area (Å²) < 4.78 is 21.2. The highest BCUT2D eigenvalue weighted by molar-refractivity contribution is 6.08. The van der Waals surface area contributed by atoms with Crippen LogP contribution >= 0.6 is 0 Å². The second-order valence-electron chi connectivity index (χ2n) is 5.68. The van der Waals surface area contributed by atoms with Gasteiger partial charge in [-0.2, -0.15) is 0 Å². The van der Waals surface area contributed by atoms with Gasteiger partial charge < -0.3 is 24.1 Å². The van der Waals surface area contributed by atoms with E-state index in [2.05, 4.69) is 0 Å². The minimum atomic E-state index is -0.312. The third-order valence-corrected chi connectivity index (χ3v) is 3.78. The first-order valence-electron chi connectivity index (χ1n) is 8.24. The molecule has 0 aromatic heterocycles. The van der Waals surface area contributed by atoms with E-state index in [-0.39, 0.29) is 23.9 Å². The summed E-state index contributed by atoms with van der Waals surface area (Å²) in [5, 5.41) is 10.0. The molecule has 6 nitrogen and oxygen atoms in total. The van der Waals surface area contributed by atoms with Crippen molar-refractivity contribution in [2.45, 2.75) is 6.42 Å². The molecule has 1 aliphatic heterocycles. The van der Waals surface area contributed by atoms with Crippen LogP contribution in [-0.4, -0.2) is 38.0 Å². The fourth-order valence-corrected chi connectivity index (χ4v) is 2.48. The minimum absolute atomic E-state index is 0.0662. The molecule has 0 spiro atoms. The van der Waals surface area contributed by atoms with Gasteiger partial charge in [-0.1, -0.05) is 12.1 Å². The molecule has 0 radical (unpaired) electrons. The van der Waals surface area contributed by atoms with Gasteiger partial charge >= 0.3 is 0 Å².